The average molecular weight is 343 g/mol. The predicted octanol–water partition coefficient (Wildman–Crippen LogP) is 2.17. The molecule has 5 nitrogen and oxygen atoms in total. The summed E-state index contributed by atoms with van der Waals surface area (Å²) < 4.78 is 6.00. The molecule has 0 bridgehead atoms. The van der Waals surface area contributed by atoms with Crippen molar-refractivity contribution in [1.82, 2.24) is 10.6 Å². The summed E-state index contributed by atoms with van der Waals surface area (Å²) in [5, 5.41) is 15.3. The van der Waals surface area contributed by atoms with Gasteiger partial charge in [0.2, 0.25) is 0 Å². The van der Waals surface area contributed by atoms with E-state index in [0.717, 1.165) is 35.0 Å². The molecule has 1 aliphatic rings. The molecule has 0 spiro atoms. The maximum absolute atomic E-state index is 11.6. The number of urea groups is 1. The molecule has 0 atom stereocenters. The summed E-state index contributed by atoms with van der Waals surface area (Å²) in [5.74, 6) is 0.755. The third kappa shape index (κ3) is 3.86. The molecule has 1 fully saturated rings. The fourth-order valence-electron chi connectivity index (χ4n) is 2.07. The molecule has 0 aromatic heterocycles. The van der Waals surface area contributed by atoms with Gasteiger partial charge in [-0.1, -0.05) is 6.07 Å². The molecular formula is C14H19BrN2O3. The quantitative estimate of drug-likeness (QED) is 0.767. The van der Waals surface area contributed by atoms with Crippen molar-refractivity contribution in [3.63, 3.8) is 0 Å². The monoisotopic (exact) mass is 342 g/mol. The number of ether oxygens (including phenoxy) is 1. The number of rotatable bonds is 5. The molecular weight excluding hydrogens is 324 g/mol. The Morgan fingerprint density at radius 3 is 2.75 bits per heavy atom. The van der Waals surface area contributed by atoms with Crippen LogP contribution in [0.5, 0.6) is 5.75 Å². The zero-order chi connectivity index (χ0) is 14.6. The van der Waals surface area contributed by atoms with Crippen LogP contribution >= 0.6 is 15.9 Å². The van der Waals surface area contributed by atoms with Crippen LogP contribution in [0.15, 0.2) is 22.7 Å². The van der Waals surface area contributed by atoms with Gasteiger partial charge in [0.15, 0.2) is 0 Å². The Morgan fingerprint density at radius 1 is 1.45 bits per heavy atom. The van der Waals surface area contributed by atoms with Crippen molar-refractivity contribution in [1.29, 1.82) is 0 Å². The van der Waals surface area contributed by atoms with Crippen molar-refractivity contribution < 1.29 is 14.6 Å². The van der Waals surface area contributed by atoms with E-state index in [4.69, 9.17) is 4.74 Å². The van der Waals surface area contributed by atoms with E-state index in [1.165, 1.54) is 0 Å². The Hall–Kier alpha value is -1.27. The van der Waals surface area contributed by atoms with Gasteiger partial charge in [0, 0.05) is 13.1 Å². The molecule has 0 unspecified atom stereocenters. The zero-order valence-electron chi connectivity index (χ0n) is 11.4. The van der Waals surface area contributed by atoms with Crippen molar-refractivity contribution >= 4 is 22.0 Å². The lowest BCUT2D eigenvalue weighted by Crippen LogP contribution is -2.49. The van der Waals surface area contributed by atoms with Crippen LogP contribution in [0.4, 0.5) is 4.79 Å². The SMILES string of the molecule is COc1ccc(CNC(=O)NCC2(O)CCC2)cc1Br. The summed E-state index contributed by atoms with van der Waals surface area (Å²) in [6, 6.07) is 5.37. The molecule has 1 aliphatic carbocycles. The van der Waals surface area contributed by atoms with Gasteiger partial charge in [0.1, 0.15) is 5.75 Å². The maximum atomic E-state index is 11.6. The van der Waals surface area contributed by atoms with Crippen LogP contribution in [0.2, 0.25) is 0 Å². The maximum Gasteiger partial charge on any atom is 0.315 e. The number of hydrogen-bond donors (Lipinski definition) is 3. The number of amides is 2. The zero-order valence-corrected chi connectivity index (χ0v) is 13.0. The predicted molar refractivity (Wildman–Crippen MR) is 79.7 cm³/mol. The fraction of sp³-hybridized carbons (Fsp3) is 0.500. The van der Waals surface area contributed by atoms with Gasteiger partial charge >= 0.3 is 6.03 Å². The van der Waals surface area contributed by atoms with Gasteiger partial charge < -0.3 is 20.5 Å². The van der Waals surface area contributed by atoms with E-state index in [0.29, 0.717) is 13.1 Å². The lowest BCUT2D eigenvalue weighted by molar-refractivity contribution is -0.0290. The first-order valence-corrected chi connectivity index (χ1v) is 7.38. The smallest absolute Gasteiger partial charge is 0.315 e. The van der Waals surface area contributed by atoms with Gasteiger partial charge in [0.25, 0.3) is 0 Å². The molecule has 1 aromatic rings. The average Bonchev–Trinajstić information content (AvgIpc) is 2.41. The number of benzene rings is 1. The molecule has 0 saturated heterocycles. The van der Waals surface area contributed by atoms with E-state index in [1.807, 2.05) is 18.2 Å². The number of hydrogen-bond acceptors (Lipinski definition) is 3. The number of carbonyl (C=O) groups excluding carboxylic acids is 1. The summed E-state index contributed by atoms with van der Waals surface area (Å²) in [6.45, 7) is 0.734. The van der Waals surface area contributed by atoms with Crippen LogP contribution in [0.3, 0.4) is 0 Å². The largest absolute Gasteiger partial charge is 0.496 e. The highest BCUT2D eigenvalue weighted by Gasteiger charge is 2.34. The molecule has 0 aliphatic heterocycles. The highest BCUT2D eigenvalue weighted by molar-refractivity contribution is 9.10. The van der Waals surface area contributed by atoms with E-state index in [-0.39, 0.29) is 6.03 Å². The first-order chi connectivity index (χ1) is 9.52. The Bertz CT molecular complexity index is 489. The van der Waals surface area contributed by atoms with Crippen molar-refractivity contribution in [2.75, 3.05) is 13.7 Å². The molecule has 3 N–H and O–H groups in total. The summed E-state index contributed by atoms with van der Waals surface area (Å²) in [5.41, 5.74) is 0.274. The molecule has 0 heterocycles. The molecule has 20 heavy (non-hydrogen) atoms. The first-order valence-electron chi connectivity index (χ1n) is 6.59. The van der Waals surface area contributed by atoms with Crippen LogP contribution in [0.1, 0.15) is 24.8 Å². The third-order valence-corrected chi connectivity index (χ3v) is 4.15. The summed E-state index contributed by atoms with van der Waals surface area (Å²) in [7, 11) is 1.61. The lowest BCUT2D eigenvalue weighted by Gasteiger charge is -2.36. The molecule has 0 radical (unpaired) electrons. The molecule has 1 saturated carbocycles. The van der Waals surface area contributed by atoms with Crippen LogP contribution in [-0.2, 0) is 6.54 Å². The topological polar surface area (TPSA) is 70.6 Å². The van der Waals surface area contributed by atoms with Gasteiger partial charge in [0.05, 0.1) is 17.2 Å². The van der Waals surface area contributed by atoms with E-state index < -0.39 is 5.60 Å². The second-order valence-corrected chi connectivity index (χ2v) is 5.94. The van der Waals surface area contributed by atoms with E-state index >= 15 is 0 Å². The summed E-state index contributed by atoms with van der Waals surface area (Å²) in [6.07, 6.45) is 2.55. The van der Waals surface area contributed by atoms with Crippen LogP contribution in [-0.4, -0.2) is 30.4 Å². The van der Waals surface area contributed by atoms with Crippen LogP contribution in [0.25, 0.3) is 0 Å². The van der Waals surface area contributed by atoms with Gasteiger partial charge in [-0.15, -0.1) is 0 Å². The van der Waals surface area contributed by atoms with Crippen LogP contribution < -0.4 is 15.4 Å². The van der Waals surface area contributed by atoms with Crippen molar-refractivity contribution in [3.8, 4) is 5.75 Å². The molecule has 2 amide bonds. The highest BCUT2D eigenvalue weighted by atomic mass is 79.9. The third-order valence-electron chi connectivity index (χ3n) is 3.53. The second kappa shape index (κ2) is 6.45. The standard InChI is InChI=1S/C14H19BrN2O3/c1-20-12-4-3-10(7-11(12)15)8-16-13(18)17-9-14(19)5-2-6-14/h3-4,7,19H,2,5-6,8-9H2,1H3,(H2,16,17,18). The Balaban J connectivity index is 1.76. The van der Waals surface area contributed by atoms with Gasteiger partial charge in [-0.05, 0) is 52.9 Å². The minimum atomic E-state index is -0.694. The number of methoxy groups -OCH3 is 1. The fourth-order valence-corrected chi connectivity index (χ4v) is 2.66. The molecule has 2 rings (SSSR count). The number of nitrogens with one attached hydrogen (secondary N) is 2. The molecule has 110 valence electrons. The van der Waals surface area contributed by atoms with Gasteiger partial charge in [-0.2, -0.15) is 0 Å². The van der Waals surface area contributed by atoms with E-state index in [1.54, 1.807) is 7.11 Å². The lowest BCUT2D eigenvalue weighted by atomic mass is 9.80. The summed E-state index contributed by atoms with van der Waals surface area (Å²) in [4.78, 5) is 11.6. The Labute approximate surface area is 126 Å². The van der Waals surface area contributed by atoms with Gasteiger partial charge in [-0.3, -0.25) is 0 Å². The van der Waals surface area contributed by atoms with Crippen molar-refractivity contribution in [2.45, 2.75) is 31.4 Å². The Kier molecular flexibility index (Phi) is 4.88. The summed E-state index contributed by atoms with van der Waals surface area (Å²) >= 11 is 3.40. The molecule has 6 heteroatoms. The highest BCUT2D eigenvalue weighted by Crippen LogP contribution is 2.30. The molecule has 1 aromatic carbocycles. The van der Waals surface area contributed by atoms with Crippen molar-refractivity contribution in [3.05, 3.63) is 28.2 Å². The second-order valence-electron chi connectivity index (χ2n) is 5.08. The van der Waals surface area contributed by atoms with Crippen LogP contribution in [0, 0.1) is 0 Å². The Morgan fingerprint density at radius 2 is 2.20 bits per heavy atom. The minimum Gasteiger partial charge on any atom is -0.496 e. The first kappa shape index (κ1) is 15.1. The number of carbonyl (C=O) groups is 1. The van der Waals surface area contributed by atoms with E-state index in [2.05, 4.69) is 26.6 Å². The van der Waals surface area contributed by atoms with Gasteiger partial charge in [-0.25, -0.2) is 4.79 Å². The van der Waals surface area contributed by atoms with E-state index in [9.17, 15) is 9.90 Å². The number of halogens is 1. The number of aliphatic hydroxyl groups is 1. The minimum absolute atomic E-state index is 0.266. The van der Waals surface area contributed by atoms with Crippen molar-refractivity contribution in [2.24, 2.45) is 0 Å². The normalized spacial score (nSPS) is 16.1.